The summed E-state index contributed by atoms with van der Waals surface area (Å²) < 4.78 is 5.52. The van der Waals surface area contributed by atoms with Gasteiger partial charge in [-0.3, -0.25) is 4.79 Å². The maximum Gasteiger partial charge on any atom is 0.310 e. The summed E-state index contributed by atoms with van der Waals surface area (Å²) in [7, 11) is 2.00. The second kappa shape index (κ2) is 5.93. The van der Waals surface area contributed by atoms with Gasteiger partial charge in [0.25, 0.3) is 0 Å². The number of phenolic OH excluding ortho intramolecular Hbond substituents is 1. The summed E-state index contributed by atoms with van der Waals surface area (Å²) >= 11 is 0. The van der Waals surface area contributed by atoms with Crippen LogP contribution in [0, 0.1) is 11.8 Å². The van der Waals surface area contributed by atoms with Crippen LogP contribution >= 0.6 is 0 Å². The molecule has 5 heteroatoms. The monoisotopic (exact) mass is 265 g/mol. The summed E-state index contributed by atoms with van der Waals surface area (Å²) in [5.41, 5.74) is 0. The molecule has 1 aliphatic heterocycles. The minimum Gasteiger partial charge on any atom is -0.508 e. The van der Waals surface area contributed by atoms with Gasteiger partial charge in [-0.05, 0) is 50.2 Å². The van der Waals surface area contributed by atoms with Crippen LogP contribution in [0.1, 0.15) is 6.42 Å². The van der Waals surface area contributed by atoms with E-state index in [-0.39, 0.29) is 18.3 Å². The molecule has 1 aliphatic rings. The fraction of sp³-hybridized carbons (Fsp3) is 0.500. The highest BCUT2D eigenvalue weighted by molar-refractivity contribution is 5.70. The highest BCUT2D eigenvalue weighted by Crippen LogP contribution is 2.25. The molecular weight excluding hydrogens is 246 g/mol. The molecule has 0 amide bonds. The summed E-state index contributed by atoms with van der Waals surface area (Å²) in [5.74, 6) is -0.410. The third-order valence-electron chi connectivity index (χ3n) is 3.58. The molecular formula is C14H19NO4. The van der Waals surface area contributed by atoms with Crippen molar-refractivity contribution in [3.63, 3.8) is 0 Å². The molecule has 0 aromatic heterocycles. The molecule has 0 radical (unpaired) electrons. The van der Waals surface area contributed by atoms with Crippen molar-refractivity contribution >= 4 is 5.97 Å². The number of hydrogen-bond acceptors (Lipinski definition) is 4. The van der Waals surface area contributed by atoms with Gasteiger partial charge in [-0.25, -0.2) is 0 Å². The normalized spacial score (nSPS) is 21.2. The third kappa shape index (κ3) is 3.61. The van der Waals surface area contributed by atoms with Gasteiger partial charge in [-0.1, -0.05) is 0 Å². The van der Waals surface area contributed by atoms with E-state index in [1.165, 1.54) is 12.1 Å². The number of hydrogen-bond donors (Lipinski definition) is 2. The Hall–Kier alpha value is -1.75. The van der Waals surface area contributed by atoms with Crippen LogP contribution < -0.4 is 4.74 Å². The largest absolute Gasteiger partial charge is 0.508 e. The number of ether oxygens (including phenoxy) is 1. The van der Waals surface area contributed by atoms with Gasteiger partial charge in [-0.2, -0.15) is 0 Å². The standard InChI is InChI=1S/C14H19NO4/c1-15-7-6-10(8-15)13(14(17)18)9-19-12-4-2-11(16)3-5-12/h2-5,10,13,16H,6-9H2,1H3,(H,17,18). The van der Waals surface area contributed by atoms with Crippen LogP contribution in [0.3, 0.4) is 0 Å². The van der Waals surface area contributed by atoms with Crippen LogP contribution in [0.25, 0.3) is 0 Å². The molecule has 1 fully saturated rings. The van der Waals surface area contributed by atoms with E-state index in [0.29, 0.717) is 5.75 Å². The lowest BCUT2D eigenvalue weighted by Gasteiger charge is -2.19. The van der Waals surface area contributed by atoms with Gasteiger partial charge in [0.2, 0.25) is 0 Å². The van der Waals surface area contributed by atoms with E-state index >= 15 is 0 Å². The number of carboxylic acids is 1. The molecule has 0 spiro atoms. The number of nitrogens with zero attached hydrogens (tertiary/aromatic N) is 1. The highest BCUT2D eigenvalue weighted by atomic mass is 16.5. The Kier molecular flexibility index (Phi) is 4.27. The zero-order chi connectivity index (χ0) is 13.8. The smallest absolute Gasteiger partial charge is 0.310 e. The van der Waals surface area contributed by atoms with Crippen molar-refractivity contribution in [1.82, 2.24) is 4.90 Å². The van der Waals surface area contributed by atoms with Crippen LogP contribution in [-0.2, 0) is 4.79 Å². The van der Waals surface area contributed by atoms with Crippen LogP contribution in [0.5, 0.6) is 11.5 Å². The number of aliphatic carboxylic acids is 1. The molecule has 19 heavy (non-hydrogen) atoms. The van der Waals surface area contributed by atoms with Crippen LogP contribution in [0.15, 0.2) is 24.3 Å². The quantitative estimate of drug-likeness (QED) is 0.842. The first-order chi connectivity index (χ1) is 9.06. The Balaban J connectivity index is 1.94. The van der Waals surface area contributed by atoms with E-state index in [0.717, 1.165) is 19.5 Å². The van der Waals surface area contributed by atoms with Crippen molar-refractivity contribution in [2.45, 2.75) is 6.42 Å². The highest BCUT2D eigenvalue weighted by Gasteiger charge is 2.33. The molecule has 0 aliphatic carbocycles. The molecule has 1 aromatic carbocycles. The Bertz CT molecular complexity index is 432. The number of benzene rings is 1. The van der Waals surface area contributed by atoms with Gasteiger partial charge in [0.05, 0.1) is 5.92 Å². The van der Waals surface area contributed by atoms with E-state index in [4.69, 9.17) is 9.84 Å². The first-order valence-corrected chi connectivity index (χ1v) is 6.39. The van der Waals surface area contributed by atoms with E-state index < -0.39 is 11.9 Å². The lowest BCUT2D eigenvalue weighted by molar-refractivity contribution is -0.144. The fourth-order valence-electron chi connectivity index (χ4n) is 2.43. The summed E-state index contributed by atoms with van der Waals surface area (Å²) in [5, 5.41) is 18.5. The first kappa shape index (κ1) is 13.7. The topological polar surface area (TPSA) is 70.0 Å². The molecule has 1 heterocycles. The zero-order valence-electron chi connectivity index (χ0n) is 11.0. The van der Waals surface area contributed by atoms with Gasteiger partial charge in [-0.15, -0.1) is 0 Å². The molecule has 2 rings (SSSR count). The van der Waals surface area contributed by atoms with E-state index in [1.54, 1.807) is 12.1 Å². The predicted octanol–water partition coefficient (Wildman–Crippen LogP) is 1.42. The zero-order valence-corrected chi connectivity index (χ0v) is 11.0. The second-order valence-corrected chi connectivity index (χ2v) is 5.06. The number of likely N-dealkylation sites (tertiary alicyclic amines) is 1. The number of rotatable bonds is 5. The first-order valence-electron chi connectivity index (χ1n) is 6.39. The molecule has 2 unspecified atom stereocenters. The van der Waals surface area contributed by atoms with Gasteiger partial charge < -0.3 is 19.8 Å². The summed E-state index contributed by atoms with van der Waals surface area (Å²) in [6.45, 7) is 1.90. The van der Waals surface area contributed by atoms with E-state index in [2.05, 4.69) is 4.90 Å². The number of aromatic hydroxyl groups is 1. The average Bonchev–Trinajstić information content (AvgIpc) is 2.78. The SMILES string of the molecule is CN1CCC(C(COc2ccc(O)cc2)C(=O)O)C1. The Labute approximate surface area is 112 Å². The Morgan fingerprint density at radius 1 is 1.47 bits per heavy atom. The molecule has 0 saturated carbocycles. The van der Waals surface area contributed by atoms with Gasteiger partial charge in [0.1, 0.15) is 18.1 Å². The van der Waals surface area contributed by atoms with Crippen molar-refractivity contribution in [2.75, 3.05) is 26.7 Å². The lowest BCUT2D eigenvalue weighted by atomic mass is 9.92. The molecule has 1 aromatic rings. The minimum absolute atomic E-state index is 0.139. The summed E-state index contributed by atoms with van der Waals surface area (Å²) in [4.78, 5) is 13.5. The van der Waals surface area contributed by atoms with Crippen molar-refractivity contribution in [3.8, 4) is 11.5 Å². The molecule has 104 valence electrons. The minimum atomic E-state index is -0.806. The maximum absolute atomic E-state index is 11.3. The van der Waals surface area contributed by atoms with Crippen molar-refractivity contribution < 1.29 is 19.7 Å². The van der Waals surface area contributed by atoms with Crippen LogP contribution in [0.2, 0.25) is 0 Å². The Morgan fingerprint density at radius 3 is 2.68 bits per heavy atom. The van der Waals surface area contributed by atoms with Crippen molar-refractivity contribution in [1.29, 1.82) is 0 Å². The van der Waals surface area contributed by atoms with Crippen LogP contribution in [0.4, 0.5) is 0 Å². The summed E-state index contributed by atoms with van der Waals surface area (Å²) in [6.07, 6.45) is 0.895. The maximum atomic E-state index is 11.3. The molecule has 5 nitrogen and oxygen atoms in total. The fourth-order valence-corrected chi connectivity index (χ4v) is 2.43. The number of carbonyl (C=O) groups is 1. The molecule has 2 N–H and O–H groups in total. The van der Waals surface area contributed by atoms with Crippen LogP contribution in [-0.4, -0.2) is 47.8 Å². The second-order valence-electron chi connectivity index (χ2n) is 5.06. The van der Waals surface area contributed by atoms with Gasteiger partial charge in [0, 0.05) is 6.54 Å². The average molecular weight is 265 g/mol. The Morgan fingerprint density at radius 2 is 2.16 bits per heavy atom. The van der Waals surface area contributed by atoms with Crippen molar-refractivity contribution in [2.24, 2.45) is 11.8 Å². The molecule has 2 atom stereocenters. The van der Waals surface area contributed by atoms with E-state index in [1.807, 2.05) is 7.05 Å². The van der Waals surface area contributed by atoms with E-state index in [9.17, 15) is 9.90 Å². The lowest BCUT2D eigenvalue weighted by Crippen LogP contribution is -2.31. The summed E-state index contributed by atoms with van der Waals surface area (Å²) in [6, 6.07) is 6.31. The predicted molar refractivity (Wildman–Crippen MR) is 70.3 cm³/mol. The molecule has 0 bridgehead atoms. The molecule has 1 saturated heterocycles. The number of phenols is 1. The van der Waals surface area contributed by atoms with Crippen molar-refractivity contribution in [3.05, 3.63) is 24.3 Å². The third-order valence-corrected chi connectivity index (χ3v) is 3.58. The number of carboxylic acid groups (broad SMARTS) is 1. The van der Waals surface area contributed by atoms with Gasteiger partial charge in [0.15, 0.2) is 0 Å². The van der Waals surface area contributed by atoms with Gasteiger partial charge >= 0.3 is 5.97 Å².